The van der Waals surface area contributed by atoms with Crippen LogP contribution in [0.25, 0.3) is 6.08 Å². The van der Waals surface area contributed by atoms with E-state index in [-0.39, 0.29) is 17.7 Å². The second-order valence-corrected chi connectivity index (χ2v) is 10.8. The minimum absolute atomic E-state index is 0.162. The first-order valence-corrected chi connectivity index (χ1v) is 14.4. The van der Waals surface area contributed by atoms with Gasteiger partial charge < -0.3 is 24.1 Å². The molecule has 0 bridgehead atoms. The van der Waals surface area contributed by atoms with Gasteiger partial charge in [-0.25, -0.2) is 14.6 Å². The van der Waals surface area contributed by atoms with Crippen molar-refractivity contribution in [2.75, 3.05) is 27.4 Å². The Morgan fingerprint density at radius 3 is 2.51 bits per heavy atom. The molecule has 2 heterocycles. The first-order chi connectivity index (χ1) is 19.7. The number of carboxylic acids is 1. The average Bonchev–Trinajstić information content (AvgIpc) is 3.25. The predicted octanol–water partition coefficient (Wildman–Crippen LogP) is 3.82. The van der Waals surface area contributed by atoms with Crippen LogP contribution >= 0.6 is 27.3 Å². The van der Waals surface area contributed by atoms with E-state index in [1.54, 1.807) is 49.4 Å². The topological polar surface area (TPSA) is 126 Å². The normalized spacial score (nSPS) is 14.8. The number of carbonyl (C=O) groups is 2. The molecule has 0 aliphatic carbocycles. The fourth-order valence-electron chi connectivity index (χ4n) is 4.48. The molecule has 1 aromatic heterocycles. The number of hydrogen-bond donors (Lipinski definition) is 1. The van der Waals surface area contributed by atoms with Crippen LogP contribution in [0.2, 0.25) is 0 Å². The largest absolute Gasteiger partial charge is 0.497 e. The van der Waals surface area contributed by atoms with Crippen LogP contribution in [-0.2, 0) is 14.3 Å². The zero-order valence-corrected chi connectivity index (χ0v) is 25.3. The Labute approximate surface area is 248 Å². The van der Waals surface area contributed by atoms with Gasteiger partial charge in [0.25, 0.3) is 5.56 Å². The lowest BCUT2D eigenvalue weighted by molar-refractivity contribution is -0.140. The van der Waals surface area contributed by atoms with Crippen molar-refractivity contribution in [2.24, 2.45) is 4.99 Å². The van der Waals surface area contributed by atoms with E-state index >= 15 is 0 Å². The SMILES string of the molecule is CCCC1=C(C(=O)OCC)[C@H](c2cc(OC)ccc2OC)n2c(s/c(=C\c3ccc(OCC(=O)O)c(Br)c3)c2=O)=N1. The van der Waals surface area contributed by atoms with Crippen LogP contribution in [0, 0.1) is 0 Å². The summed E-state index contributed by atoms with van der Waals surface area (Å²) in [5, 5.41) is 8.89. The third-order valence-electron chi connectivity index (χ3n) is 6.23. The maximum atomic E-state index is 14.0. The summed E-state index contributed by atoms with van der Waals surface area (Å²) in [6, 6.07) is 9.43. The standard InChI is InChI=1S/C29H29BrN2O8S/c1-5-7-20-25(28(36)39-6-2)26(18-14-17(37-3)9-11-21(18)38-4)32-27(35)23(41-29(32)31-20)13-16-8-10-22(19(30)12-16)40-15-24(33)34/h8-14,26H,5-7,15H2,1-4H3,(H,33,34)/b23-13-/t26-/m0/s1. The maximum Gasteiger partial charge on any atom is 0.341 e. The Bertz CT molecular complexity index is 1690. The van der Waals surface area contributed by atoms with E-state index in [2.05, 4.69) is 15.9 Å². The third-order valence-corrected chi connectivity index (χ3v) is 7.83. The Kier molecular flexibility index (Phi) is 9.66. The number of carboxylic acid groups (broad SMARTS) is 1. The molecule has 216 valence electrons. The van der Waals surface area contributed by atoms with E-state index in [1.165, 1.54) is 30.1 Å². The van der Waals surface area contributed by atoms with Crippen LogP contribution in [0.1, 0.15) is 43.9 Å². The fraction of sp³-hybridized carbons (Fsp3) is 0.310. The lowest BCUT2D eigenvalue weighted by atomic mass is 9.93. The summed E-state index contributed by atoms with van der Waals surface area (Å²) in [5.74, 6) is -0.265. The number of ether oxygens (including phenoxy) is 4. The number of methoxy groups -OCH3 is 2. The van der Waals surface area contributed by atoms with Crippen molar-refractivity contribution in [1.82, 2.24) is 4.57 Å². The number of halogens is 1. The van der Waals surface area contributed by atoms with Gasteiger partial charge in [-0.1, -0.05) is 30.7 Å². The zero-order valence-electron chi connectivity index (χ0n) is 22.9. The van der Waals surface area contributed by atoms with Crippen molar-refractivity contribution in [3.05, 3.63) is 83.0 Å². The minimum Gasteiger partial charge on any atom is -0.497 e. The molecule has 3 aromatic rings. The predicted molar refractivity (Wildman–Crippen MR) is 156 cm³/mol. The molecule has 0 amide bonds. The smallest absolute Gasteiger partial charge is 0.341 e. The molecule has 4 rings (SSSR count). The van der Waals surface area contributed by atoms with Gasteiger partial charge in [-0.3, -0.25) is 9.36 Å². The van der Waals surface area contributed by atoms with Gasteiger partial charge in [0.15, 0.2) is 11.4 Å². The number of aliphatic carboxylic acids is 1. The van der Waals surface area contributed by atoms with Crippen molar-refractivity contribution >= 4 is 45.3 Å². The van der Waals surface area contributed by atoms with Gasteiger partial charge in [-0.15, -0.1) is 0 Å². The van der Waals surface area contributed by atoms with Crippen LogP contribution < -0.4 is 29.1 Å². The quantitative estimate of drug-likeness (QED) is 0.312. The lowest BCUT2D eigenvalue weighted by Gasteiger charge is -2.27. The summed E-state index contributed by atoms with van der Waals surface area (Å²) in [7, 11) is 3.06. The fourth-order valence-corrected chi connectivity index (χ4v) is 6.01. The van der Waals surface area contributed by atoms with Crippen LogP contribution in [-0.4, -0.2) is 49.0 Å². The molecule has 1 aliphatic rings. The van der Waals surface area contributed by atoms with E-state index in [0.717, 1.165) is 6.42 Å². The van der Waals surface area contributed by atoms with Gasteiger partial charge in [0, 0.05) is 5.56 Å². The third kappa shape index (κ3) is 6.38. The van der Waals surface area contributed by atoms with Crippen LogP contribution in [0.3, 0.4) is 0 Å². The monoisotopic (exact) mass is 644 g/mol. The Balaban J connectivity index is 1.95. The number of aromatic nitrogens is 1. The molecule has 10 nitrogen and oxygen atoms in total. The summed E-state index contributed by atoms with van der Waals surface area (Å²) in [6.45, 7) is 3.40. The Morgan fingerprint density at radius 1 is 1.12 bits per heavy atom. The molecule has 0 radical (unpaired) electrons. The van der Waals surface area contributed by atoms with Gasteiger partial charge in [0.05, 0.1) is 41.1 Å². The highest BCUT2D eigenvalue weighted by Crippen LogP contribution is 2.38. The maximum absolute atomic E-state index is 14.0. The van der Waals surface area contributed by atoms with Crippen molar-refractivity contribution in [3.8, 4) is 17.2 Å². The molecule has 0 unspecified atom stereocenters. The molecule has 2 aromatic carbocycles. The van der Waals surface area contributed by atoms with E-state index in [4.69, 9.17) is 29.0 Å². The highest BCUT2D eigenvalue weighted by atomic mass is 79.9. The van der Waals surface area contributed by atoms with Crippen LogP contribution in [0.5, 0.6) is 17.2 Å². The average molecular weight is 646 g/mol. The molecule has 0 saturated carbocycles. The van der Waals surface area contributed by atoms with Crippen molar-refractivity contribution in [1.29, 1.82) is 0 Å². The van der Waals surface area contributed by atoms with Gasteiger partial charge in [-0.2, -0.15) is 0 Å². The van der Waals surface area contributed by atoms with Gasteiger partial charge in [-0.05, 0) is 71.2 Å². The van der Waals surface area contributed by atoms with Crippen LogP contribution in [0.15, 0.2) is 61.9 Å². The number of esters is 1. The van der Waals surface area contributed by atoms with Crippen molar-refractivity contribution < 1.29 is 33.6 Å². The number of carbonyl (C=O) groups excluding carboxylic acids is 1. The number of thiazole rings is 1. The Hall–Kier alpha value is -3.90. The summed E-state index contributed by atoms with van der Waals surface area (Å²) in [5.41, 5.74) is 1.73. The number of rotatable bonds is 11. The molecule has 1 atom stereocenters. The van der Waals surface area contributed by atoms with Gasteiger partial charge >= 0.3 is 11.9 Å². The summed E-state index contributed by atoms with van der Waals surface area (Å²) < 4.78 is 24.3. The molecule has 0 spiro atoms. The van der Waals surface area contributed by atoms with Crippen molar-refractivity contribution in [3.63, 3.8) is 0 Å². The molecular weight excluding hydrogens is 616 g/mol. The lowest BCUT2D eigenvalue weighted by Crippen LogP contribution is -2.40. The molecular formula is C29H29BrN2O8S. The molecule has 1 aliphatic heterocycles. The second-order valence-electron chi connectivity index (χ2n) is 8.89. The minimum atomic E-state index is -1.09. The number of hydrogen-bond acceptors (Lipinski definition) is 9. The van der Waals surface area contributed by atoms with Gasteiger partial charge in [0.1, 0.15) is 23.3 Å². The molecule has 41 heavy (non-hydrogen) atoms. The number of fused-ring (bicyclic) bond motifs is 1. The highest BCUT2D eigenvalue weighted by Gasteiger charge is 2.36. The Morgan fingerprint density at radius 2 is 1.88 bits per heavy atom. The summed E-state index contributed by atoms with van der Waals surface area (Å²) in [4.78, 5) is 43.5. The number of benzene rings is 2. The molecule has 0 fully saturated rings. The first kappa shape index (κ1) is 30.1. The number of nitrogens with zero attached hydrogens (tertiary/aromatic N) is 2. The van der Waals surface area contributed by atoms with E-state index in [0.29, 0.717) is 54.3 Å². The molecule has 12 heteroatoms. The highest BCUT2D eigenvalue weighted by molar-refractivity contribution is 9.10. The summed E-state index contributed by atoms with van der Waals surface area (Å²) >= 11 is 4.60. The van der Waals surface area contributed by atoms with E-state index in [1.807, 2.05) is 6.92 Å². The van der Waals surface area contributed by atoms with Crippen molar-refractivity contribution in [2.45, 2.75) is 32.7 Å². The van der Waals surface area contributed by atoms with Gasteiger partial charge in [0.2, 0.25) is 0 Å². The summed E-state index contributed by atoms with van der Waals surface area (Å²) in [6.07, 6.45) is 2.94. The second kappa shape index (κ2) is 13.2. The molecule has 0 saturated heterocycles. The zero-order chi connectivity index (χ0) is 29.7. The van der Waals surface area contributed by atoms with Crippen LogP contribution in [0.4, 0.5) is 0 Å². The van der Waals surface area contributed by atoms with E-state index in [9.17, 15) is 14.4 Å². The molecule has 1 N–H and O–H groups in total. The first-order valence-electron chi connectivity index (χ1n) is 12.8. The van der Waals surface area contributed by atoms with E-state index < -0.39 is 24.6 Å². The number of allylic oxidation sites excluding steroid dienone is 1.